The van der Waals surface area contributed by atoms with Crippen LogP contribution in [0, 0.1) is 0 Å². The Morgan fingerprint density at radius 3 is 3.19 bits per heavy atom. The molecular weight excluding hydrogens is 284 g/mol. The van der Waals surface area contributed by atoms with Crippen LogP contribution in [-0.2, 0) is 0 Å². The summed E-state index contributed by atoms with van der Waals surface area (Å²) in [4.78, 5) is 14.6. The highest BCUT2D eigenvalue weighted by Gasteiger charge is 2.32. The van der Waals surface area contributed by atoms with Gasteiger partial charge in [-0.1, -0.05) is 0 Å². The number of H-pyrrole nitrogens is 1. The Hall–Kier alpha value is -1.17. The van der Waals surface area contributed by atoms with E-state index in [0.29, 0.717) is 0 Å². The molecule has 0 saturated carbocycles. The van der Waals surface area contributed by atoms with E-state index in [0.717, 1.165) is 31.5 Å². The van der Waals surface area contributed by atoms with Crippen molar-refractivity contribution in [2.75, 3.05) is 18.8 Å². The van der Waals surface area contributed by atoms with Gasteiger partial charge in [0.25, 0.3) is 0 Å². The van der Waals surface area contributed by atoms with Crippen molar-refractivity contribution in [2.45, 2.75) is 49.8 Å². The summed E-state index contributed by atoms with van der Waals surface area (Å²) in [6.45, 7) is 3.87. The molecule has 2 atom stereocenters. The van der Waals surface area contributed by atoms with Gasteiger partial charge in [-0.15, -0.1) is 0 Å². The number of nitrogens with one attached hydrogen (secondary N) is 2. The van der Waals surface area contributed by atoms with Gasteiger partial charge in [-0.3, -0.25) is 5.10 Å². The predicted molar refractivity (Wildman–Crippen MR) is 85.4 cm³/mol. The number of nitrogens with zero attached hydrogens (tertiary/aromatic N) is 2. The Balaban J connectivity index is 1.61. The van der Waals surface area contributed by atoms with Crippen molar-refractivity contribution in [3.05, 3.63) is 18.0 Å². The van der Waals surface area contributed by atoms with Crippen molar-refractivity contribution in [2.24, 2.45) is 0 Å². The van der Waals surface area contributed by atoms with Crippen LogP contribution in [0.3, 0.4) is 0 Å². The van der Waals surface area contributed by atoms with Gasteiger partial charge in [-0.2, -0.15) is 16.9 Å². The molecule has 0 bridgehead atoms. The van der Waals surface area contributed by atoms with E-state index in [2.05, 4.69) is 22.4 Å². The topological polar surface area (TPSA) is 61.0 Å². The third kappa shape index (κ3) is 3.36. The third-order valence-corrected chi connectivity index (χ3v) is 6.12. The SMILES string of the molecule is C[C@@]1(CNC(=O)N2CCCC[C@@H]2c2cn[nH]c2)CCCS1. The van der Waals surface area contributed by atoms with Gasteiger partial charge in [0, 0.05) is 29.6 Å². The van der Waals surface area contributed by atoms with Crippen LogP contribution in [0.5, 0.6) is 0 Å². The molecule has 2 fully saturated rings. The Morgan fingerprint density at radius 2 is 2.48 bits per heavy atom. The molecule has 6 heteroatoms. The van der Waals surface area contributed by atoms with E-state index >= 15 is 0 Å². The van der Waals surface area contributed by atoms with E-state index < -0.39 is 0 Å². The number of likely N-dealkylation sites (tertiary alicyclic amines) is 1. The average molecular weight is 308 g/mol. The summed E-state index contributed by atoms with van der Waals surface area (Å²) in [6, 6.07) is 0.246. The van der Waals surface area contributed by atoms with Gasteiger partial charge in [-0.05, 0) is 44.8 Å². The fourth-order valence-electron chi connectivity index (χ4n) is 3.30. The molecule has 116 valence electrons. The van der Waals surface area contributed by atoms with Gasteiger partial charge in [0.15, 0.2) is 0 Å². The lowest BCUT2D eigenvalue weighted by molar-refractivity contribution is 0.151. The van der Waals surface area contributed by atoms with E-state index in [1.807, 2.05) is 29.1 Å². The quantitative estimate of drug-likeness (QED) is 0.902. The second-order valence-electron chi connectivity index (χ2n) is 6.30. The number of aromatic nitrogens is 2. The Labute approximate surface area is 130 Å². The molecule has 3 heterocycles. The highest BCUT2D eigenvalue weighted by molar-refractivity contribution is 8.00. The van der Waals surface area contributed by atoms with Crippen molar-refractivity contribution >= 4 is 17.8 Å². The smallest absolute Gasteiger partial charge is 0.317 e. The first-order valence-corrected chi connectivity index (χ1v) is 8.84. The van der Waals surface area contributed by atoms with Crippen molar-refractivity contribution in [1.82, 2.24) is 20.4 Å². The molecule has 0 aromatic carbocycles. The molecule has 1 aromatic rings. The van der Waals surface area contributed by atoms with Gasteiger partial charge in [0.05, 0.1) is 12.2 Å². The number of urea groups is 1. The summed E-state index contributed by atoms with van der Waals surface area (Å²) in [5, 5.41) is 10.0. The van der Waals surface area contributed by atoms with Gasteiger partial charge in [0.2, 0.25) is 0 Å². The van der Waals surface area contributed by atoms with Crippen LogP contribution in [0.2, 0.25) is 0 Å². The molecule has 2 aliphatic rings. The summed E-state index contributed by atoms with van der Waals surface area (Å²) in [5.74, 6) is 1.22. The predicted octanol–water partition coefficient (Wildman–Crippen LogP) is 2.93. The monoisotopic (exact) mass is 308 g/mol. The molecule has 2 N–H and O–H groups in total. The van der Waals surface area contributed by atoms with E-state index in [-0.39, 0.29) is 16.8 Å². The first-order chi connectivity index (χ1) is 10.2. The molecule has 2 amide bonds. The molecule has 21 heavy (non-hydrogen) atoms. The number of carbonyl (C=O) groups is 1. The number of thioether (sulfide) groups is 1. The number of hydrogen-bond donors (Lipinski definition) is 2. The van der Waals surface area contributed by atoms with Crippen LogP contribution in [-0.4, -0.2) is 44.7 Å². The minimum Gasteiger partial charge on any atom is -0.337 e. The first-order valence-electron chi connectivity index (χ1n) is 7.85. The van der Waals surface area contributed by atoms with Crippen molar-refractivity contribution in [1.29, 1.82) is 0 Å². The summed E-state index contributed by atoms with van der Waals surface area (Å²) < 4.78 is 0.219. The Morgan fingerprint density at radius 1 is 1.57 bits per heavy atom. The fraction of sp³-hybridized carbons (Fsp3) is 0.733. The van der Waals surface area contributed by atoms with Crippen LogP contribution in [0.25, 0.3) is 0 Å². The molecule has 2 saturated heterocycles. The first kappa shape index (κ1) is 14.8. The number of amides is 2. The third-order valence-electron chi connectivity index (χ3n) is 4.58. The van der Waals surface area contributed by atoms with Crippen molar-refractivity contribution in [3.63, 3.8) is 0 Å². The summed E-state index contributed by atoms with van der Waals surface area (Å²) in [5.41, 5.74) is 1.12. The normalized spacial score (nSPS) is 29.6. The summed E-state index contributed by atoms with van der Waals surface area (Å²) in [6.07, 6.45) is 9.50. The maximum absolute atomic E-state index is 12.6. The lowest BCUT2D eigenvalue weighted by Gasteiger charge is -2.36. The molecule has 0 aliphatic carbocycles. The molecule has 1 aromatic heterocycles. The second kappa shape index (κ2) is 6.30. The standard InChI is InChI=1S/C15H24N4OS/c1-15(6-4-8-21-15)11-16-14(20)19-7-3-2-5-13(19)12-9-17-18-10-12/h9-10,13H,2-8,11H2,1H3,(H,16,20)(H,17,18)/t13-,15+/m1/s1. The van der Waals surface area contributed by atoms with Gasteiger partial charge < -0.3 is 10.2 Å². The largest absolute Gasteiger partial charge is 0.337 e. The number of hydrogen-bond acceptors (Lipinski definition) is 3. The second-order valence-corrected chi connectivity index (χ2v) is 7.98. The zero-order valence-corrected chi connectivity index (χ0v) is 13.4. The van der Waals surface area contributed by atoms with Crippen LogP contribution < -0.4 is 5.32 Å². The van der Waals surface area contributed by atoms with Crippen molar-refractivity contribution in [3.8, 4) is 0 Å². The molecule has 5 nitrogen and oxygen atoms in total. The van der Waals surface area contributed by atoms with Crippen LogP contribution in [0.1, 0.15) is 50.6 Å². The molecule has 3 rings (SSSR count). The molecule has 0 unspecified atom stereocenters. The minimum atomic E-state index is 0.0784. The van der Waals surface area contributed by atoms with Crippen LogP contribution >= 0.6 is 11.8 Å². The highest BCUT2D eigenvalue weighted by atomic mass is 32.2. The molecule has 2 aliphatic heterocycles. The highest BCUT2D eigenvalue weighted by Crippen LogP contribution is 2.37. The van der Waals surface area contributed by atoms with E-state index in [9.17, 15) is 4.79 Å². The van der Waals surface area contributed by atoms with E-state index in [4.69, 9.17) is 0 Å². The van der Waals surface area contributed by atoms with Crippen LogP contribution in [0.4, 0.5) is 4.79 Å². The number of aromatic amines is 1. The van der Waals surface area contributed by atoms with Gasteiger partial charge in [0.1, 0.15) is 0 Å². The fourth-order valence-corrected chi connectivity index (χ4v) is 4.55. The molecular formula is C15H24N4OS. The summed E-state index contributed by atoms with van der Waals surface area (Å²) in [7, 11) is 0. The van der Waals surface area contributed by atoms with Gasteiger partial charge in [-0.25, -0.2) is 4.79 Å². The number of carbonyl (C=O) groups excluding carboxylic acids is 1. The maximum Gasteiger partial charge on any atom is 0.317 e. The summed E-state index contributed by atoms with van der Waals surface area (Å²) >= 11 is 1.98. The van der Waals surface area contributed by atoms with Crippen LogP contribution in [0.15, 0.2) is 12.4 Å². The Bertz CT molecular complexity index is 470. The average Bonchev–Trinajstić information content (AvgIpc) is 3.17. The zero-order valence-electron chi connectivity index (χ0n) is 12.6. The van der Waals surface area contributed by atoms with Crippen molar-refractivity contribution < 1.29 is 4.79 Å². The maximum atomic E-state index is 12.6. The Kier molecular flexibility index (Phi) is 4.42. The van der Waals surface area contributed by atoms with Gasteiger partial charge >= 0.3 is 6.03 Å². The van der Waals surface area contributed by atoms with E-state index in [1.165, 1.54) is 25.0 Å². The lowest BCUT2D eigenvalue weighted by atomic mass is 9.98. The molecule has 0 radical (unpaired) electrons. The van der Waals surface area contributed by atoms with E-state index in [1.54, 1.807) is 0 Å². The zero-order chi connectivity index (χ0) is 14.7. The molecule has 0 spiro atoms. The number of piperidine rings is 1. The number of rotatable bonds is 3. The minimum absolute atomic E-state index is 0.0784. The lowest BCUT2D eigenvalue weighted by Crippen LogP contribution is -2.47.